The van der Waals surface area contributed by atoms with E-state index in [1.54, 1.807) is 7.11 Å². The molecule has 2 aliphatic carbocycles. The second-order valence-electron chi connectivity index (χ2n) is 8.64. The standard InChI is InChI=1S/C20H25NO5/c1-18-9-15-20(16(22)23,17(24)25)10-19(18,2)14(21(15)3)7-11-5-6-12(26-4)8-13(11)18/h5-6,8,14-15H,7,9-10H2,1-4H3,(H,22,23)(H,24,25)/t14?,15?,18-,19+/m0/s1. The summed E-state index contributed by atoms with van der Waals surface area (Å²) in [6, 6.07) is 5.70. The summed E-state index contributed by atoms with van der Waals surface area (Å²) in [6.45, 7) is 4.25. The average Bonchev–Trinajstić information content (AvgIpc) is 2.58. The molecule has 1 aromatic carbocycles. The molecule has 0 radical (unpaired) electrons. The van der Waals surface area contributed by atoms with Gasteiger partial charge in [-0.25, -0.2) is 0 Å². The third-order valence-electron chi connectivity index (χ3n) is 7.88. The van der Waals surface area contributed by atoms with Gasteiger partial charge >= 0.3 is 11.9 Å². The predicted molar refractivity (Wildman–Crippen MR) is 94.4 cm³/mol. The zero-order valence-electron chi connectivity index (χ0n) is 15.6. The highest BCUT2D eigenvalue weighted by atomic mass is 16.5. The van der Waals surface area contributed by atoms with Gasteiger partial charge in [-0.2, -0.15) is 0 Å². The van der Waals surface area contributed by atoms with Gasteiger partial charge in [0.1, 0.15) is 5.75 Å². The Morgan fingerprint density at radius 3 is 2.42 bits per heavy atom. The second kappa shape index (κ2) is 5.00. The van der Waals surface area contributed by atoms with Crippen LogP contribution in [0.15, 0.2) is 18.2 Å². The lowest BCUT2D eigenvalue weighted by atomic mass is 9.39. The lowest BCUT2D eigenvalue weighted by Crippen LogP contribution is -2.78. The first kappa shape index (κ1) is 17.3. The molecule has 4 aliphatic rings. The number of piperidine rings is 2. The first-order valence-corrected chi connectivity index (χ1v) is 8.98. The Morgan fingerprint density at radius 2 is 1.85 bits per heavy atom. The highest BCUT2D eigenvalue weighted by molar-refractivity contribution is 6.00. The Kier molecular flexibility index (Phi) is 3.34. The zero-order chi connectivity index (χ0) is 19.1. The molecular formula is C20H25NO5. The van der Waals surface area contributed by atoms with E-state index in [1.165, 1.54) is 11.1 Å². The van der Waals surface area contributed by atoms with Crippen LogP contribution in [-0.2, 0) is 21.4 Å². The highest BCUT2D eigenvalue weighted by Crippen LogP contribution is 2.68. The van der Waals surface area contributed by atoms with E-state index >= 15 is 0 Å². The molecule has 26 heavy (non-hydrogen) atoms. The fraction of sp³-hybridized carbons (Fsp3) is 0.600. The molecule has 140 valence electrons. The number of benzene rings is 1. The first-order valence-electron chi connectivity index (χ1n) is 8.98. The summed E-state index contributed by atoms with van der Waals surface area (Å²) in [6.07, 6.45) is 1.46. The fourth-order valence-electron chi connectivity index (χ4n) is 6.23. The van der Waals surface area contributed by atoms with Crippen LogP contribution in [0, 0.1) is 10.8 Å². The Balaban J connectivity index is 1.94. The number of carboxylic acids is 2. The molecule has 4 bridgehead atoms. The lowest BCUT2D eigenvalue weighted by Gasteiger charge is -2.71. The summed E-state index contributed by atoms with van der Waals surface area (Å²) in [5, 5.41) is 19.8. The van der Waals surface area contributed by atoms with Crippen LogP contribution in [-0.4, -0.2) is 53.3 Å². The summed E-state index contributed by atoms with van der Waals surface area (Å²) in [5.41, 5.74) is -0.0641. The molecule has 6 heteroatoms. The number of ether oxygens (including phenoxy) is 1. The molecule has 0 amide bonds. The largest absolute Gasteiger partial charge is 0.497 e. The minimum Gasteiger partial charge on any atom is -0.497 e. The van der Waals surface area contributed by atoms with Crippen LogP contribution >= 0.6 is 0 Å². The maximum absolute atomic E-state index is 12.1. The first-order chi connectivity index (χ1) is 12.1. The van der Waals surface area contributed by atoms with E-state index < -0.39 is 28.8 Å². The van der Waals surface area contributed by atoms with Gasteiger partial charge in [-0.05, 0) is 55.0 Å². The molecule has 6 nitrogen and oxygen atoms in total. The minimum absolute atomic E-state index is 0.124. The van der Waals surface area contributed by atoms with Crippen molar-refractivity contribution >= 4 is 11.9 Å². The molecule has 2 unspecified atom stereocenters. The van der Waals surface area contributed by atoms with Crippen molar-refractivity contribution in [2.75, 3.05) is 14.2 Å². The number of likely N-dealkylation sites (N-methyl/N-ethyl adjacent to an activating group) is 1. The number of carboxylic acid groups (broad SMARTS) is 2. The minimum atomic E-state index is -1.75. The number of fused-ring (bicyclic) bond motifs is 2. The van der Waals surface area contributed by atoms with Gasteiger partial charge in [0.05, 0.1) is 7.11 Å². The third kappa shape index (κ3) is 1.71. The van der Waals surface area contributed by atoms with Crippen LogP contribution in [0.3, 0.4) is 0 Å². The Bertz CT molecular complexity index is 806. The topological polar surface area (TPSA) is 87.1 Å². The van der Waals surface area contributed by atoms with Gasteiger partial charge in [0.15, 0.2) is 5.41 Å². The molecule has 2 N–H and O–H groups in total. The van der Waals surface area contributed by atoms with Crippen LogP contribution < -0.4 is 4.74 Å². The van der Waals surface area contributed by atoms with Crippen LogP contribution in [0.5, 0.6) is 5.75 Å². The van der Waals surface area contributed by atoms with Gasteiger partial charge in [0.25, 0.3) is 0 Å². The van der Waals surface area contributed by atoms with E-state index in [-0.39, 0.29) is 17.9 Å². The summed E-state index contributed by atoms with van der Waals surface area (Å²) in [5.74, 6) is -1.66. The number of methoxy groups -OCH3 is 1. The van der Waals surface area contributed by atoms with Crippen molar-refractivity contribution in [3.05, 3.63) is 29.3 Å². The normalized spacial score (nSPS) is 37.1. The van der Waals surface area contributed by atoms with Crippen LogP contribution in [0.1, 0.15) is 37.8 Å². The Labute approximate surface area is 152 Å². The number of hydrogen-bond donors (Lipinski definition) is 2. The van der Waals surface area contributed by atoms with Gasteiger partial charge in [0, 0.05) is 17.5 Å². The van der Waals surface area contributed by atoms with E-state index in [0.717, 1.165) is 12.2 Å². The molecule has 3 fully saturated rings. The van der Waals surface area contributed by atoms with Crippen molar-refractivity contribution in [1.82, 2.24) is 4.90 Å². The van der Waals surface area contributed by atoms with Crippen LogP contribution in [0.2, 0.25) is 0 Å². The molecule has 4 atom stereocenters. The van der Waals surface area contributed by atoms with Crippen molar-refractivity contribution < 1.29 is 24.5 Å². The second-order valence-corrected chi connectivity index (χ2v) is 8.64. The summed E-state index contributed by atoms with van der Waals surface area (Å²) < 4.78 is 5.42. The van der Waals surface area contributed by atoms with E-state index in [2.05, 4.69) is 26.0 Å². The molecule has 0 spiro atoms. The lowest BCUT2D eigenvalue weighted by molar-refractivity contribution is -0.213. The van der Waals surface area contributed by atoms with Gasteiger partial charge in [-0.15, -0.1) is 0 Å². The van der Waals surface area contributed by atoms with Crippen molar-refractivity contribution in [2.24, 2.45) is 10.8 Å². The highest BCUT2D eigenvalue weighted by Gasteiger charge is 2.74. The van der Waals surface area contributed by atoms with Crippen molar-refractivity contribution in [1.29, 1.82) is 0 Å². The SMILES string of the molecule is COc1ccc2c(c1)[C@]1(C)CC3N(C)C(C2)[C@@]1(C)CC3(C(=O)O)C(=O)O. The quantitative estimate of drug-likeness (QED) is 0.804. The molecule has 2 heterocycles. The molecule has 2 aliphatic heterocycles. The zero-order valence-corrected chi connectivity index (χ0v) is 15.6. The van der Waals surface area contributed by atoms with Crippen molar-refractivity contribution in [3.63, 3.8) is 0 Å². The third-order valence-corrected chi connectivity index (χ3v) is 7.88. The van der Waals surface area contributed by atoms with Crippen molar-refractivity contribution in [3.8, 4) is 5.75 Å². The Hall–Kier alpha value is -2.08. The number of aliphatic carboxylic acids is 2. The van der Waals surface area contributed by atoms with E-state index in [4.69, 9.17) is 4.74 Å². The average molecular weight is 359 g/mol. The number of rotatable bonds is 3. The van der Waals surface area contributed by atoms with Crippen molar-refractivity contribution in [2.45, 2.75) is 50.6 Å². The monoisotopic (exact) mass is 359 g/mol. The smallest absolute Gasteiger partial charge is 0.322 e. The van der Waals surface area contributed by atoms with Gasteiger partial charge < -0.3 is 14.9 Å². The maximum Gasteiger partial charge on any atom is 0.322 e. The molecule has 1 saturated carbocycles. The summed E-state index contributed by atoms with van der Waals surface area (Å²) in [7, 11) is 3.53. The van der Waals surface area contributed by atoms with Crippen LogP contribution in [0.4, 0.5) is 0 Å². The van der Waals surface area contributed by atoms with E-state index in [9.17, 15) is 19.8 Å². The molecule has 2 saturated heterocycles. The molecule has 5 rings (SSSR count). The molecule has 0 aromatic heterocycles. The summed E-state index contributed by atoms with van der Waals surface area (Å²) in [4.78, 5) is 26.3. The molecular weight excluding hydrogens is 334 g/mol. The van der Waals surface area contributed by atoms with Gasteiger partial charge in [-0.1, -0.05) is 19.9 Å². The number of carbonyl (C=O) groups is 2. The summed E-state index contributed by atoms with van der Waals surface area (Å²) >= 11 is 0. The van der Waals surface area contributed by atoms with E-state index in [1.807, 2.05) is 18.0 Å². The maximum atomic E-state index is 12.1. The van der Waals surface area contributed by atoms with Gasteiger partial charge in [0.2, 0.25) is 0 Å². The predicted octanol–water partition coefficient (Wildman–Crippen LogP) is 2.15. The van der Waals surface area contributed by atoms with Crippen LogP contribution in [0.25, 0.3) is 0 Å². The van der Waals surface area contributed by atoms with E-state index in [0.29, 0.717) is 6.42 Å². The number of hydrogen-bond acceptors (Lipinski definition) is 4. The fourth-order valence-corrected chi connectivity index (χ4v) is 6.23. The Morgan fingerprint density at radius 1 is 1.19 bits per heavy atom. The molecule has 1 aromatic rings. The number of nitrogens with zero attached hydrogens (tertiary/aromatic N) is 1. The van der Waals surface area contributed by atoms with Gasteiger partial charge in [-0.3, -0.25) is 14.5 Å².